The zero-order valence-electron chi connectivity index (χ0n) is 8.09. The molecule has 0 radical (unpaired) electrons. The van der Waals surface area contributed by atoms with Crippen molar-refractivity contribution in [2.45, 2.75) is 12.5 Å². The fourth-order valence-electron chi connectivity index (χ4n) is 0.894. The molecule has 1 atom stereocenters. The van der Waals surface area contributed by atoms with E-state index in [2.05, 4.69) is 5.32 Å². The molecule has 0 aromatic rings. The summed E-state index contributed by atoms with van der Waals surface area (Å²) < 4.78 is 4.87. The van der Waals surface area contributed by atoms with Gasteiger partial charge in [-0.25, -0.2) is 0 Å². The maximum absolute atomic E-state index is 9.69. The lowest BCUT2D eigenvalue weighted by molar-refractivity contribution is 0.0821. The van der Waals surface area contributed by atoms with Crippen LogP contribution < -0.4 is 5.32 Å². The van der Waals surface area contributed by atoms with Gasteiger partial charge in [0.15, 0.2) is 0 Å². The van der Waals surface area contributed by atoms with Gasteiger partial charge in [-0.2, -0.15) is 11.8 Å². The third kappa shape index (κ3) is 6.91. The maximum atomic E-state index is 9.69. The Hall–Kier alpha value is 0.230. The van der Waals surface area contributed by atoms with E-state index in [1.54, 1.807) is 18.9 Å². The predicted octanol–water partition coefficient (Wildman–Crippen LogP) is 0.336. The molecule has 0 rings (SSSR count). The lowest BCUT2D eigenvalue weighted by Gasteiger charge is -2.22. The minimum atomic E-state index is -0.604. The first-order valence-electron chi connectivity index (χ1n) is 4.03. The van der Waals surface area contributed by atoms with E-state index >= 15 is 0 Å². The molecule has 1 unspecified atom stereocenters. The summed E-state index contributed by atoms with van der Waals surface area (Å²) in [6, 6.07) is 0. The number of ether oxygens (including phenoxy) is 1. The molecule has 0 bridgehead atoms. The summed E-state index contributed by atoms with van der Waals surface area (Å²) in [4.78, 5) is 0. The molecular formula is C8H19NO2S. The van der Waals surface area contributed by atoms with Crippen LogP contribution in [0.25, 0.3) is 0 Å². The summed E-state index contributed by atoms with van der Waals surface area (Å²) in [5.41, 5.74) is -0.604. The number of nitrogens with one attached hydrogen (secondary N) is 1. The van der Waals surface area contributed by atoms with Crippen molar-refractivity contribution in [1.29, 1.82) is 0 Å². The van der Waals surface area contributed by atoms with Gasteiger partial charge in [0, 0.05) is 26.0 Å². The monoisotopic (exact) mass is 193 g/mol. The van der Waals surface area contributed by atoms with E-state index in [0.717, 1.165) is 12.3 Å². The smallest absolute Gasteiger partial charge is 0.0833 e. The quantitative estimate of drug-likeness (QED) is 0.572. The summed E-state index contributed by atoms with van der Waals surface area (Å²) in [6.07, 6.45) is 1.99. The molecule has 2 N–H and O–H groups in total. The van der Waals surface area contributed by atoms with Gasteiger partial charge >= 0.3 is 0 Å². The SMILES string of the molecule is COCCNCC(C)(O)CSC. The molecule has 0 spiro atoms. The molecule has 0 heterocycles. The molecule has 0 aromatic heterocycles. The van der Waals surface area contributed by atoms with Crippen molar-refractivity contribution in [2.75, 3.05) is 38.8 Å². The highest BCUT2D eigenvalue weighted by atomic mass is 32.2. The van der Waals surface area contributed by atoms with Crippen LogP contribution in [0.5, 0.6) is 0 Å². The van der Waals surface area contributed by atoms with E-state index in [1.165, 1.54) is 0 Å². The number of rotatable bonds is 7. The minimum absolute atomic E-state index is 0.604. The van der Waals surface area contributed by atoms with Gasteiger partial charge in [-0.3, -0.25) is 0 Å². The van der Waals surface area contributed by atoms with Gasteiger partial charge in [-0.15, -0.1) is 0 Å². The van der Waals surface area contributed by atoms with E-state index < -0.39 is 5.60 Å². The molecular weight excluding hydrogens is 174 g/mol. The van der Waals surface area contributed by atoms with Crippen molar-refractivity contribution < 1.29 is 9.84 Å². The zero-order chi connectivity index (χ0) is 9.45. The van der Waals surface area contributed by atoms with Crippen LogP contribution in [0.15, 0.2) is 0 Å². The van der Waals surface area contributed by atoms with E-state index in [9.17, 15) is 5.11 Å². The lowest BCUT2D eigenvalue weighted by Crippen LogP contribution is -2.40. The Morgan fingerprint density at radius 2 is 2.25 bits per heavy atom. The molecule has 0 amide bonds. The highest BCUT2D eigenvalue weighted by molar-refractivity contribution is 7.98. The van der Waals surface area contributed by atoms with Crippen molar-refractivity contribution in [3.8, 4) is 0 Å². The van der Waals surface area contributed by atoms with Gasteiger partial charge in [-0.1, -0.05) is 0 Å². The van der Waals surface area contributed by atoms with Gasteiger partial charge in [0.05, 0.1) is 12.2 Å². The number of hydrogen-bond donors (Lipinski definition) is 2. The second-order valence-electron chi connectivity index (χ2n) is 3.10. The van der Waals surface area contributed by atoms with Crippen molar-refractivity contribution >= 4 is 11.8 Å². The maximum Gasteiger partial charge on any atom is 0.0833 e. The first-order valence-corrected chi connectivity index (χ1v) is 5.43. The van der Waals surface area contributed by atoms with Gasteiger partial charge < -0.3 is 15.2 Å². The molecule has 0 aliphatic rings. The summed E-state index contributed by atoms with van der Waals surface area (Å²) in [5.74, 6) is 0.757. The second-order valence-corrected chi connectivity index (χ2v) is 3.97. The molecule has 0 aliphatic carbocycles. The van der Waals surface area contributed by atoms with Crippen LogP contribution in [-0.4, -0.2) is 49.5 Å². The van der Waals surface area contributed by atoms with E-state index in [1.807, 2.05) is 13.2 Å². The third-order valence-corrected chi connectivity index (χ3v) is 2.35. The summed E-state index contributed by atoms with van der Waals surface area (Å²) in [5, 5.41) is 12.8. The van der Waals surface area contributed by atoms with Gasteiger partial charge in [-0.05, 0) is 13.2 Å². The first kappa shape index (κ1) is 12.2. The molecule has 0 aromatic carbocycles. The highest BCUT2D eigenvalue weighted by Crippen LogP contribution is 2.08. The van der Waals surface area contributed by atoms with Gasteiger partial charge in [0.25, 0.3) is 0 Å². The zero-order valence-corrected chi connectivity index (χ0v) is 8.91. The van der Waals surface area contributed by atoms with Crippen LogP contribution in [0.3, 0.4) is 0 Å². The van der Waals surface area contributed by atoms with E-state index in [4.69, 9.17) is 4.74 Å². The van der Waals surface area contributed by atoms with Crippen LogP contribution >= 0.6 is 11.8 Å². The number of hydrogen-bond acceptors (Lipinski definition) is 4. The summed E-state index contributed by atoms with van der Waals surface area (Å²) >= 11 is 1.65. The molecule has 3 nitrogen and oxygen atoms in total. The molecule has 74 valence electrons. The van der Waals surface area contributed by atoms with Crippen molar-refractivity contribution in [3.05, 3.63) is 0 Å². The number of thioether (sulfide) groups is 1. The molecule has 0 saturated heterocycles. The van der Waals surface area contributed by atoms with E-state index in [-0.39, 0.29) is 0 Å². The van der Waals surface area contributed by atoms with Crippen LogP contribution in [0.2, 0.25) is 0 Å². The molecule has 0 aliphatic heterocycles. The van der Waals surface area contributed by atoms with Gasteiger partial charge in [0.2, 0.25) is 0 Å². The van der Waals surface area contributed by atoms with Crippen molar-refractivity contribution in [2.24, 2.45) is 0 Å². The largest absolute Gasteiger partial charge is 0.388 e. The summed E-state index contributed by atoms with van der Waals surface area (Å²) in [7, 11) is 1.67. The number of methoxy groups -OCH3 is 1. The molecule has 0 fully saturated rings. The second kappa shape index (κ2) is 6.71. The Morgan fingerprint density at radius 3 is 2.75 bits per heavy atom. The van der Waals surface area contributed by atoms with Gasteiger partial charge in [0.1, 0.15) is 0 Å². The minimum Gasteiger partial charge on any atom is -0.388 e. The molecule has 12 heavy (non-hydrogen) atoms. The normalized spacial score (nSPS) is 16.0. The van der Waals surface area contributed by atoms with Crippen LogP contribution in [0.4, 0.5) is 0 Å². The fraction of sp³-hybridized carbons (Fsp3) is 1.00. The Kier molecular flexibility index (Phi) is 6.84. The molecule has 0 saturated carbocycles. The van der Waals surface area contributed by atoms with Crippen LogP contribution in [-0.2, 0) is 4.74 Å². The topological polar surface area (TPSA) is 41.5 Å². The Labute approximate surface area is 78.9 Å². The average Bonchev–Trinajstić information content (AvgIpc) is 1.98. The third-order valence-electron chi connectivity index (χ3n) is 1.44. The van der Waals surface area contributed by atoms with Crippen LogP contribution in [0, 0.1) is 0 Å². The summed E-state index contributed by atoms with van der Waals surface area (Å²) in [6.45, 7) is 3.94. The Balaban J connectivity index is 3.33. The lowest BCUT2D eigenvalue weighted by atomic mass is 10.1. The fourth-order valence-corrected chi connectivity index (χ4v) is 1.62. The first-order chi connectivity index (χ1) is 5.62. The van der Waals surface area contributed by atoms with Crippen molar-refractivity contribution in [1.82, 2.24) is 5.32 Å². The standard InChI is InChI=1S/C8H19NO2S/c1-8(10,7-12-3)6-9-4-5-11-2/h9-10H,4-7H2,1-3H3. The predicted molar refractivity (Wildman–Crippen MR) is 53.8 cm³/mol. The van der Waals surface area contributed by atoms with Crippen LogP contribution in [0.1, 0.15) is 6.92 Å². The van der Waals surface area contributed by atoms with E-state index in [0.29, 0.717) is 13.2 Å². The highest BCUT2D eigenvalue weighted by Gasteiger charge is 2.18. The Bertz CT molecular complexity index is 109. The van der Waals surface area contributed by atoms with Crippen molar-refractivity contribution in [3.63, 3.8) is 0 Å². The average molecular weight is 193 g/mol. The number of aliphatic hydroxyl groups is 1. The molecule has 4 heteroatoms. The Morgan fingerprint density at radius 1 is 1.58 bits per heavy atom.